The van der Waals surface area contributed by atoms with E-state index in [-0.39, 0.29) is 18.9 Å². The fourth-order valence-corrected chi connectivity index (χ4v) is 14.1. The van der Waals surface area contributed by atoms with E-state index in [0.717, 1.165) is 89.9 Å². The highest BCUT2D eigenvalue weighted by molar-refractivity contribution is 5.76. The third-order valence-corrected chi connectivity index (χ3v) is 21.0. The number of amides is 1. The Bertz CT molecular complexity index is 2210. The Kier molecular flexibility index (Phi) is 69.3. The van der Waals surface area contributed by atoms with E-state index in [4.69, 9.17) is 18.9 Å². The van der Waals surface area contributed by atoms with Gasteiger partial charge in [-0.05, 0) is 83.5 Å². The van der Waals surface area contributed by atoms with Crippen molar-refractivity contribution in [3.8, 4) is 0 Å². The van der Waals surface area contributed by atoms with Gasteiger partial charge in [-0.1, -0.05) is 393 Å². The molecule has 106 heavy (non-hydrogen) atoms. The molecule has 2 aliphatic heterocycles. The SMILES string of the molecule is CC/C=C\C/C=C\C/C=C\C/C=C\C/C=C\C/C=C\C/C=C\C/C=C\CCCCCCCCCCCCCCCCC(=O)NC(COC1OC(CO)C(OC2OC(CO)C(O)C(O)C2O)C(O)C1O)C(O)/C=C/CCCCCCCCCCCCCCCCCCCCCCCCCCCCCCCCC. The lowest BCUT2D eigenvalue weighted by atomic mass is 9.97. The summed E-state index contributed by atoms with van der Waals surface area (Å²) in [5.74, 6) is -0.238. The van der Waals surface area contributed by atoms with Crippen molar-refractivity contribution in [2.24, 2.45) is 0 Å². The molecule has 0 aromatic heterocycles. The van der Waals surface area contributed by atoms with E-state index in [9.17, 15) is 45.6 Å². The average molecular weight is 1490 g/mol. The quantitative estimate of drug-likeness (QED) is 0.0204. The minimum Gasteiger partial charge on any atom is -0.394 e. The summed E-state index contributed by atoms with van der Waals surface area (Å²) in [7, 11) is 0. The largest absolute Gasteiger partial charge is 0.394 e. The Morgan fingerprint density at radius 2 is 0.651 bits per heavy atom. The summed E-state index contributed by atoms with van der Waals surface area (Å²) in [6, 6.07) is -0.923. The number of nitrogens with one attached hydrogen (secondary N) is 1. The molecule has 0 aromatic carbocycles. The predicted octanol–water partition coefficient (Wildman–Crippen LogP) is 21.4. The van der Waals surface area contributed by atoms with Crippen molar-refractivity contribution in [2.75, 3.05) is 19.8 Å². The molecule has 614 valence electrons. The predicted molar refractivity (Wildman–Crippen MR) is 442 cm³/mol. The zero-order valence-electron chi connectivity index (χ0n) is 67.7. The Balaban J connectivity index is 1.59. The first-order valence-corrected chi connectivity index (χ1v) is 44.1. The van der Waals surface area contributed by atoms with Crippen molar-refractivity contribution in [3.63, 3.8) is 0 Å². The van der Waals surface area contributed by atoms with Gasteiger partial charge < -0.3 is 65.1 Å². The van der Waals surface area contributed by atoms with Crippen molar-refractivity contribution in [1.29, 1.82) is 0 Å². The molecule has 2 rings (SSSR count). The molecular formula is C92H163NO13. The summed E-state index contributed by atoms with van der Waals surface area (Å²) in [5.41, 5.74) is 0. The van der Waals surface area contributed by atoms with E-state index < -0.39 is 86.8 Å². The van der Waals surface area contributed by atoms with Crippen LogP contribution in [0.4, 0.5) is 0 Å². The second-order valence-electron chi connectivity index (χ2n) is 30.6. The number of unbranched alkanes of at least 4 members (excludes halogenated alkanes) is 45. The topological polar surface area (TPSA) is 228 Å². The zero-order valence-corrected chi connectivity index (χ0v) is 67.7. The summed E-state index contributed by atoms with van der Waals surface area (Å²) in [4.78, 5) is 13.4. The van der Waals surface area contributed by atoms with Crippen LogP contribution in [-0.2, 0) is 23.7 Å². The van der Waals surface area contributed by atoms with Crippen LogP contribution in [0.2, 0.25) is 0 Å². The van der Waals surface area contributed by atoms with Gasteiger partial charge in [-0.3, -0.25) is 4.79 Å². The zero-order chi connectivity index (χ0) is 76.5. The fraction of sp³-hybridized carbons (Fsp3) is 0.793. The van der Waals surface area contributed by atoms with Crippen LogP contribution in [0.15, 0.2) is 109 Å². The highest BCUT2D eigenvalue weighted by atomic mass is 16.7. The number of hydrogen-bond acceptors (Lipinski definition) is 13. The fourth-order valence-electron chi connectivity index (χ4n) is 14.1. The van der Waals surface area contributed by atoms with Crippen LogP contribution in [0.1, 0.15) is 373 Å². The van der Waals surface area contributed by atoms with Crippen LogP contribution < -0.4 is 5.32 Å². The molecule has 1 amide bonds. The minimum absolute atomic E-state index is 0.238. The number of carbonyl (C=O) groups excluding carboxylic acids is 1. The van der Waals surface area contributed by atoms with Crippen molar-refractivity contribution < 1.29 is 64.6 Å². The standard InChI is InChI=1S/C92H163NO13/c1-3-5-7-9-11-13-15-17-19-21-23-25-27-29-31-33-35-37-38-39-40-41-42-44-46-48-50-52-54-56-58-60-62-64-66-68-70-72-74-76-84(97)93-80(79-103-91-89(102)87(100)90(83(78-95)105-91)106-92-88(101)86(99)85(98)82(77-94)104-92)81(96)75-73-71-69-67-65-63-61-59-57-55-53-51-49-47-45-43-36-34-32-30-28-26-24-22-20-18-16-14-12-10-8-6-4-2/h5,7,11,13,17,19,23,25,29,31,35,37,39-40,42,44,73,75,80-83,85-92,94-96,98-102H,3-4,6,8-10,12,14-16,18,20-22,24,26-28,30,32-34,36,38,41,43,45-72,74,76-79H2,1-2H3,(H,93,97)/b7-5-,13-11-,19-17-,25-23-,31-29-,37-35-,40-39-,44-42-,75-73+. The van der Waals surface area contributed by atoms with Crippen LogP contribution >= 0.6 is 0 Å². The van der Waals surface area contributed by atoms with Crippen molar-refractivity contribution in [2.45, 2.75) is 447 Å². The molecule has 0 saturated carbocycles. The first-order chi connectivity index (χ1) is 52.1. The van der Waals surface area contributed by atoms with Gasteiger partial charge in [0.05, 0.1) is 32.0 Å². The van der Waals surface area contributed by atoms with E-state index >= 15 is 0 Å². The summed E-state index contributed by atoms with van der Waals surface area (Å²) >= 11 is 0. The number of carbonyl (C=O) groups is 1. The summed E-state index contributed by atoms with van der Waals surface area (Å²) in [5, 5.41) is 87.9. The minimum atomic E-state index is -1.79. The highest BCUT2D eigenvalue weighted by Gasteiger charge is 2.51. The highest BCUT2D eigenvalue weighted by Crippen LogP contribution is 2.30. The van der Waals surface area contributed by atoms with Gasteiger partial charge in [-0.2, -0.15) is 0 Å². The van der Waals surface area contributed by atoms with Gasteiger partial charge in [-0.25, -0.2) is 0 Å². The summed E-state index contributed by atoms with van der Waals surface area (Å²) < 4.78 is 23.0. The monoisotopic (exact) mass is 1490 g/mol. The number of aliphatic hydroxyl groups excluding tert-OH is 8. The number of rotatable bonds is 74. The van der Waals surface area contributed by atoms with Gasteiger partial charge in [0, 0.05) is 6.42 Å². The van der Waals surface area contributed by atoms with Crippen molar-refractivity contribution >= 4 is 5.91 Å². The third-order valence-electron chi connectivity index (χ3n) is 21.0. The van der Waals surface area contributed by atoms with Crippen molar-refractivity contribution in [3.05, 3.63) is 109 Å². The van der Waals surface area contributed by atoms with Crippen LogP contribution in [0, 0.1) is 0 Å². The second kappa shape index (κ2) is 74.4. The Hall–Kier alpha value is -3.35. The molecule has 12 unspecified atom stereocenters. The van der Waals surface area contributed by atoms with Crippen LogP contribution in [-0.4, -0.2) is 140 Å². The Labute approximate surface area is 648 Å². The lowest BCUT2D eigenvalue weighted by Gasteiger charge is -2.46. The van der Waals surface area contributed by atoms with Gasteiger partial charge in [0.15, 0.2) is 12.6 Å². The average Bonchev–Trinajstić information content (AvgIpc) is 0.789. The lowest BCUT2D eigenvalue weighted by molar-refractivity contribution is -0.359. The van der Waals surface area contributed by atoms with Gasteiger partial charge in [0.2, 0.25) is 5.91 Å². The van der Waals surface area contributed by atoms with Crippen LogP contribution in [0.3, 0.4) is 0 Å². The van der Waals surface area contributed by atoms with E-state index in [1.54, 1.807) is 6.08 Å². The normalized spacial score (nSPS) is 21.8. The molecule has 2 heterocycles. The van der Waals surface area contributed by atoms with Gasteiger partial charge >= 0.3 is 0 Å². The van der Waals surface area contributed by atoms with E-state index in [1.807, 2.05) is 6.08 Å². The molecule has 14 heteroatoms. The molecule has 12 atom stereocenters. The maximum atomic E-state index is 13.4. The molecule has 14 nitrogen and oxygen atoms in total. The van der Waals surface area contributed by atoms with E-state index in [0.29, 0.717) is 6.42 Å². The third kappa shape index (κ3) is 56.0. The Morgan fingerprint density at radius 3 is 1.00 bits per heavy atom. The molecule has 2 aliphatic rings. The molecule has 0 bridgehead atoms. The molecule has 0 aromatic rings. The molecule has 0 radical (unpaired) electrons. The molecule has 0 aliphatic carbocycles. The number of ether oxygens (including phenoxy) is 4. The molecular weight excluding hydrogens is 1330 g/mol. The molecule has 9 N–H and O–H groups in total. The molecule has 2 fully saturated rings. The summed E-state index contributed by atoms with van der Waals surface area (Å²) in [6.45, 7) is 2.73. The number of aliphatic hydroxyl groups is 8. The smallest absolute Gasteiger partial charge is 0.220 e. The first kappa shape index (κ1) is 98.7. The number of allylic oxidation sites excluding steroid dienone is 17. The first-order valence-electron chi connectivity index (χ1n) is 44.1. The van der Waals surface area contributed by atoms with Crippen molar-refractivity contribution in [1.82, 2.24) is 5.32 Å². The molecule has 2 saturated heterocycles. The lowest BCUT2D eigenvalue weighted by Crippen LogP contribution is -2.65. The van der Waals surface area contributed by atoms with Gasteiger partial charge in [0.1, 0.15) is 48.8 Å². The van der Waals surface area contributed by atoms with Crippen LogP contribution in [0.25, 0.3) is 0 Å². The van der Waals surface area contributed by atoms with Gasteiger partial charge in [-0.15, -0.1) is 0 Å². The maximum Gasteiger partial charge on any atom is 0.220 e. The van der Waals surface area contributed by atoms with E-state index in [1.165, 1.54) is 257 Å². The van der Waals surface area contributed by atoms with E-state index in [2.05, 4.69) is 116 Å². The number of hydrogen-bond donors (Lipinski definition) is 9. The second-order valence-corrected chi connectivity index (χ2v) is 30.6. The van der Waals surface area contributed by atoms with Crippen LogP contribution in [0.5, 0.6) is 0 Å². The van der Waals surface area contributed by atoms with Gasteiger partial charge in [0.25, 0.3) is 0 Å². The maximum absolute atomic E-state index is 13.4. The summed E-state index contributed by atoms with van der Waals surface area (Å²) in [6.07, 6.45) is 91.8. The Morgan fingerprint density at radius 1 is 0.349 bits per heavy atom. The molecule has 0 spiro atoms.